The Hall–Kier alpha value is -6.71. The largest absolute Gasteiger partial charge is 0.309 e. The van der Waals surface area contributed by atoms with E-state index in [1.54, 1.807) is 0 Å². The first kappa shape index (κ1) is 30.0. The van der Waals surface area contributed by atoms with Gasteiger partial charge in [-0.05, 0) is 105 Å². The van der Waals surface area contributed by atoms with Crippen LogP contribution in [0.5, 0.6) is 0 Å². The van der Waals surface area contributed by atoms with Crippen LogP contribution in [0.3, 0.4) is 0 Å². The van der Waals surface area contributed by atoms with Crippen molar-refractivity contribution in [1.29, 1.82) is 0 Å². The van der Waals surface area contributed by atoms with Crippen LogP contribution in [0.4, 0.5) is 0 Å². The Balaban J connectivity index is 1.07. The van der Waals surface area contributed by atoms with E-state index in [0.29, 0.717) is 0 Å². The lowest BCUT2D eigenvalue weighted by Crippen LogP contribution is -2.15. The summed E-state index contributed by atoms with van der Waals surface area (Å²) in [5, 5.41) is 3.66. The van der Waals surface area contributed by atoms with Crippen molar-refractivity contribution in [2.75, 3.05) is 0 Å². The third-order valence-corrected chi connectivity index (χ3v) is 11.6. The van der Waals surface area contributed by atoms with Crippen molar-refractivity contribution in [3.8, 4) is 44.8 Å². The van der Waals surface area contributed by atoms with Gasteiger partial charge in [0.25, 0.3) is 0 Å². The van der Waals surface area contributed by atoms with E-state index in [0.717, 1.165) is 27.6 Å². The van der Waals surface area contributed by atoms with E-state index in [2.05, 4.69) is 187 Å². The van der Waals surface area contributed by atoms with Crippen LogP contribution in [0.25, 0.3) is 88.5 Å². The molecular weight excluding hydrogens is 643 g/mol. The van der Waals surface area contributed by atoms with E-state index < -0.39 is 0 Å². The van der Waals surface area contributed by atoms with E-state index in [1.165, 1.54) is 72.0 Å². The molecule has 0 fully saturated rings. The maximum absolute atomic E-state index is 4.92. The van der Waals surface area contributed by atoms with E-state index in [4.69, 9.17) is 4.98 Å². The maximum Gasteiger partial charge on any atom is 0.0963 e. The van der Waals surface area contributed by atoms with Crippen molar-refractivity contribution in [2.24, 2.45) is 0 Å². The maximum atomic E-state index is 4.92. The molecule has 1 aliphatic carbocycles. The zero-order valence-electron chi connectivity index (χ0n) is 29.6. The molecule has 53 heavy (non-hydrogen) atoms. The fraction of sp³-hybridized carbons (Fsp3) is 0.0600. The number of benzene rings is 7. The molecule has 250 valence electrons. The third-order valence-electron chi connectivity index (χ3n) is 11.6. The molecule has 0 amide bonds. The summed E-state index contributed by atoms with van der Waals surface area (Å²) >= 11 is 0. The fourth-order valence-electron chi connectivity index (χ4n) is 8.99. The summed E-state index contributed by atoms with van der Waals surface area (Å²) in [6.07, 6.45) is 1.90. The Morgan fingerprint density at radius 1 is 0.396 bits per heavy atom. The van der Waals surface area contributed by atoms with E-state index in [-0.39, 0.29) is 5.41 Å². The Kier molecular flexibility index (Phi) is 6.30. The van der Waals surface area contributed by atoms with Crippen LogP contribution >= 0.6 is 0 Å². The first-order valence-corrected chi connectivity index (χ1v) is 18.4. The number of hydrogen-bond donors (Lipinski definition) is 0. The molecule has 10 aromatic rings. The van der Waals surface area contributed by atoms with Gasteiger partial charge >= 0.3 is 0 Å². The smallest absolute Gasteiger partial charge is 0.0963 e. The van der Waals surface area contributed by atoms with Gasteiger partial charge in [-0.1, -0.05) is 123 Å². The van der Waals surface area contributed by atoms with Crippen molar-refractivity contribution >= 4 is 43.7 Å². The zero-order valence-corrected chi connectivity index (χ0v) is 29.6. The number of para-hydroxylation sites is 1. The van der Waals surface area contributed by atoms with Gasteiger partial charge in [-0.25, -0.2) is 0 Å². The van der Waals surface area contributed by atoms with Crippen LogP contribution in [0, 0.1) is 0 Å². The molecule has 7 aromatic carbocycles. The van der Waals surface area contributed by atoms with E-state index in [1.807, 2.05) is 12.3 Å². The lowest BCUT2D eigenvalue weighted by atomic mass is 9.82. The van der Waals surface area contributed by atoms with Crippen LogP contribution < -0.4 is 0 Å². The van der Waals surface area contributed by atoms with Crippen molar-refractivity contribution < 1.29 is 0 Å². The number of hydrogen-bond acceptors (Lipinski definition) is 1. The van der Waals surface area contributed by atoms with Gasteiger partial charge in [0, 0.05) is 39.1 Å². The Morgan fingerprint density at radius 3 is 1.91 bits per heavy atom. The molecule has 0 radical (unpaired) electrons. The highest BCUT2D eigenvalue weighted by Crippen LogP contribution is 2.49. The predicted octanol–water partition coefficient (Wildman–Crippen LogP) is 12.9. The molecule has 11 rings (SSSR count). The minimum Gasteiger partial charge on any atom is -0.309 e. The van der Waals surface area contributed by atoms with E-state index >= 15 is 0 Å². The minimum absolute atomic E-state index is 0.0710. The first-order valence-electron chi connectivity index (χ1n) is 18.4. The van der Waals surface area contributed by atoms with Gasteiger partial charge in [0.2, 0.25) is 0 Å². The lowest BCUT2D eigenvalue weighted by Gasteiger charge is -2.22. The van der Waals surface area contributed by atoms with Gasteiger partial charge < -0.3 is 9.13 Å². The van der Waals surface area contributed by atoms with Crippen LogP contribution in [-0.4, -0.2) is 14.1 Å². The molecule has 0 unspecified atom stereocenters. The second kappa shape index (κ2) is 11.1. The standard InChI is InChI=1S/C50H35N3/c1-50(2)43-15-8-6-13-38(43)39-26-24-37(31-44(39)50)53-45-16-9-7-14-40(45)41-25-20-35(30-48(41)53)34-21-27-46-42(29-34)49-47(17-10-28-51-49)52(46)36-22-18-33(19-23-36)32-11-4-3-5-12-32/h3-31H,1-2H3. The van der Waals surface area contributed by atoms with Gasteiger partial charge in [0.1, 0.15) is 0 Å². The molecule has 0 spiro atoms. The second-order valence-corrected chi connectivity index (χ2v) is 14.8. The molecule has 0 aliphatic heterocycles. The molecule has 0 saturated heterocycles. The summed E-state index contributed by atoms with van der Waals surface area (Å²) in [5.74, 6) is 0. The van der Waals surface area contributed by atoms with Crippen LogP contribution in [-0.2, 0) is 5.41 Å². The van der Waals surface area contributed by atoms with E-state index in [9.17, 15) is 0 Å². The molecule has 3 nitrogen and oxygen atoms in total. The highest BCUT2D eigenvalue weighted by atomic mass is 15.0. The zero-order chi connectivity index (χ0) is 35.3. The Labute approximate surface area is 308 Å². The summed E-state index contributed by atoms with van der Waals surface area (Å²) < 4.78 is 4.80. The fourth-order valence-corrected chi connectivity index (χ4v) is 8.99. The van der Waals surface area contributed by atoms with Gasteiger partial charge in [0.15, 0.2) is 0 Å². The highest BCUT2D eigenvalue weighted by Gasteiger charge is 2.35. The number of pyridine rings is 1. The minimum atomic E-state index is -0.0710. The molecule has 3 aromatic heterocycles. The SMILES string of the molecule is CC1(C)c2ccccc2-c2ccc(-n3c4ccccc4c4ccc(-c5ccc6c(c5)c5ncccc5n6-c5ccc(-c6ccccc6)cc5)cc43)cc21. The summed E-state index contributed by atoms with van der Waals surface area (Å²) in [5.41, 5.74) is 18.1. The average molecular weight is 678 g/mol. The predicted molar refractivity (Wildman–Crippen MR) is 221 cm³/mol. The topological polar surface area (TPSA) is 22.8 Å². The van der Waals surface area contributed by atoms with Crippen molar-refractivity contribution in [3.63, 3.8) is 0 Å². The lowest BCUT2D eigenvalue weighted by molar-refractivity contribution is 0.660. The molecule has 3 heterocycles. The first-order chi connectivity index (χ1) is 26.0. The normalized spacial score (nSPS) is 13.2. The van der Waals surface area contributed by atoms with Gasteiger partial charge in [0.05, 0.1) is 27.6 Å². The molecule has 1 aliphatic rings. The van der Waals surface area contributed by atoms with Gasteiger partial charge in [-0.3, -0.25) is 4.98 Å². The van der Waals surface area contributed by atoms with Crippen LogP contribution in [0.1, 0.15) is 25.0 Å². The average Bonchev–Trinajstić information content (AvgIpc) is 3.81. The summed E-state index contributed by atoms with van der Waals surface area (Å²) in [4.78, 5) is 4.92. The van der Waals surface area contributed by atoms with Crippen molar-refractivity contribution in [2.45, 2.75) is 19.3 Å². The van der Waals surface area contributed by atoms with Crippen LogP contribution in [0.2, 0.25) is 0 Å². The van der Waals surface area contributed by atoms with Crippen LogP contribution in [0.15, 0.2) is 176 Å². The molecule has 0 bridgehead atoms. The Morgan fingerprint density at radius 2 is 1.02 bits per heavy atom. The highest BCUT2D eigenvalue weighted by molar-refractivity contribution is 6.11. The molecule has 0 saturated carbocycles. The van der Waals surface area contributed by atoms with Crippen molar-refractivity contribution in [1.82, 2.24) is 14.1 Å². The molecule has 3 heteroatoms. The number of nitrogens with zero attached hydrogens (tertiary/aromatic N) is 3. The molecule has 0 N–H and O–H groups in total. The monoisotopic (exact) mass is 677 g/mol. The van der Waals surface area contributed by atoms with Gasteiger partial charge in [-0.2, -0.15) is 0 Å². The van der Waals surface area contributed by atoms with Crippen molar-refractivity contribution in [3.05, 3.63) is 187 Å². The molecular formula is C50H35N3. The summed E-state index contributed by atoms with van der Waals surface area (Å²) in [7, 11) is 0. The quantitative estimate of drug-likeness (QED) is 0.182. The summed E-state index contributed by atoms with van der Waals surface area (Å²) in [6.45, 7) is 4.71. The Bertz CT molecular complexity index is 3070. The van der Waals surface area contributed by atoms with Gasteiger partial charge in [-0.15, -0.1) is 0 Å². The summed E-state index contributed by atoms with van der Waals surface area (Å²) in [6, 6.07) is 62.1. The molecule has 0 atom stereocenters. The second-order valence-electron chi connectivity index (χ2n) is 14.8. The number of rotatable bonds is 4. The number of aromatic nitrogens is 3. The third kappa shape index (κ3) is 4.37. The number of fused-ring (bicyclic) bond motifs is 9.